The smallest absolute Gasteiger partial charge is 0.314 e. The summed E-state index contributed by atoms with van der Waals surface area (Å²) < 4.78 is 0. The first kappa shape index (κ1) is 11.2. The van der Waals surface area contributed by atoms with Gasteiger partial charge in [0.2, 0.25) is 0 Å². The van der Waals surface area contributed by atoms with Crippen LogP contribution in [0, 0.1) is 5.92 Å². The highest BCUT2D eigenvalue weighted by Crippen LogP contribution is 2.48. The number of rotatable bonds is 4. The van der Waals surface area contributed by atoms with E-state index in [1.807, 2.05) is 12.1 Å². The minimum absolute atomic E-state index is 0.559. The largest absolute Gasteiger partial charge is 0.481 e. The Morgan fingerprint density at radius 1 is 1.31 bits per heavy atom. The normalized spacial score (nSPS) is 17.4. The molecule has 2 nitrogen and oxygen atoms in total. The first-order chi connectivity index (χ1) is 7.54. The summed E-state index contributed by atoms with van der Waals surface area (Å²) in [6.45, 7) is 4.38. The van der Waals surface area contributed by atoms with Crippen molar-refractivity contribution >= 4 is 5.97 Å². The fourth-order valence-corrected chi connectivity index (χ4v) is 2.18. The van der Waals surface area contributed by atoms with Crippen molar-refractivity contribution in [1.82, 2.24) is 0 Å². The fourth-order valence-electron chi connectivity index (χ4n) is 2.18. The maximum atomic E-state index is 11.1. The average Bonchev–Trinajstić information content (AvgIpc) is 2.98. The number of carboxylic acids is 1. The lowest BCUT2D eigenvalue weighted by Gasteiger charge is -2.11. The second-order valence-electron chi connectivity index (χ2n) is 5.18. The molecule has 16 heavy (non-hydrogen) atoms. The SMILES string of the molecule is CC(C)Cc1ccc(C2(C(=O)O)CC2)cc1. The monoisotopic (exact) mass is 218 g/mol. The molecule has 1 saturated carbocycles. The van der Waals surface area contributed by atoms with Crippen molar-refractivity contribution in [2.75, 3.05) is 0 Å². The van der Waals surface area contributed by atoms with E-state index in [2.05, 4.69) is 26.0 Å². The lowest BCUT2D eigenvalue weighted by molar-refractivity contribution is -0.140. The predicted molar refractivity (Wildman–Crippen MR) is 63.5 cm³/mol. The molecule has 2 heteroatoms. The summed E-state index contributed by atoms with van der Waals surface area (Å²) in [5, 5.41) is 9.17. The minimum Gasteiger partial charge on any atom is -0.481 e. The van der Waals surface area contributed by atoms with Gasteiger partial charge in [0.25, 0.3) is 0 Å². The van der Waals surface area contributed by atoms with Gasteiger partial charge in [-0.3, -0.25) is 4.79 Å². The summed E-state index contributed by atoms with van der Waals surface area (Å²) in [4.78, 5) is 11.1. The van der Waals surface area contributed by atoms with Crippen LogP contribution in [0.1, 0.15) is 37.8 Å². The van der Waals surface area contributed by atoms with E-state index >= 15 is 0 Å². The third-order valence-corrected chi connectivity index (χ3v) is 3.31. The van der Waals surface area contributed by atoms with E-state index in [0.29, 0.717) is 5.92 Å². The number of hydrogen-bond acceptors (Lipinski definition) is 1. The summed E-state index contributed by atoms with van der Waals surface area (Å²) in [6, 6.07) is 8.11. The van der Waals surface area contributed by atoms with Gasteiger partial charge >= 0.3 is 5.97 Å². The Bertz CT molecular complexity index is 386. The Morgan fingerprint density at radius 2 is 1.88 bits per heavy atom. The van der Waals surface area contributed by atoms with Crippen LogP contribution < -0.4 is 0 Å². The molecule has 1 fully saturated rings. The van der Waals surface area contributed by atoms with Gasteiger partial charge < -0.3 is 5.11 Å². The average molecular weight is 218 g/mol. The van der Waals surface area contributed by atoms with Gasteiger partial charge in [-0.25, -0.2) is 0 Å². The molecule has 0 unspecified atom stereocenters. The molecule has 0 bridgehead atoms. The van der Waals surface area contributed by atoms with Crippen LogP contribution in [0.25, 0.3) is 0 Å². The van der Waals surface area contributed by atoms with Crippen molar-refractivity contribution in [3.63, 3.8) is 0 Å². The van der Waals surface area contributed by atoms with E-state index in [1.165, 1.54) is 5.56 Å². The molecule has 1 aromatic rings. The van der Waals surface area contributed by atoms with Crippen molar-refractivity contribution in [2.45, 2.75) is 38.5 Å². The summed E-state index contributed by atoms with van der Waals surface area (Å²) in [7, 11) is 0. The summed E-state index contributed by atoms with van der Waals surface area (Å²) >= 11 is 0. The summed E-state index contributed by atoms with van der Waals surface area (Å²) in [5.74, 6) is -0.0377. The van der Waals surface area contributed by atoms with Crippen molar-refractivity contribution in [3.8, 4) is 0 Å². The molecule has 0 aliphatic heterocycles. The lowest BCUT2D eigenvalue weighted by Crippen LogP contribution is -2.19. The molecule has 0 saturated heterocycles. The highest BCUT2D eigenvalue weighted by atomic mass is 16.4. The Kier molecular flexibility index (Phi) is 2.75. The molecule has 0 spiro atoms. The van der Waals surface area contributed by atoms with Gasteiger partial charge in [0.05, 0.1) is 5.41 Å². The van der Waals surface area contributed by atoms with E-state index in [-0.39, 0.29) is 0 Å². The first-order valence-corrected chi connectivity index (χ1v) is 5.87. The van der Waals surface area contributed by atoms with Gasteiger partial charge in [-0.2, -0.15) is 0 Å². The topological polar surface area (TPSA) is 37.3 Å². The van der Waals surface area contributed by atoms with Crippen molar-refractivity contribution in [3.05, 3.63) is 35.4 Å². The molecular formula is C14H18O2. The number of carboxylic acid groups (broad SMARTS) is 1. The number of aliphatic carboxylic acids is 1. The van der Waals surface area contributed by atoms with Crippen LogP contribution in [0.2, 0.25) is 0 Å². The van der Waals surface area contributed by atoms with Gasteiger partial charge in [0.1, 0.15) is 0 Å². The third kappa shape index (κ3) is 1.97. The molecule has 1 aromatic carbocycles. The standard InChI is InChI=1S/C14H18O2/c1-10(2)9-11-3-5-12(6-4-11)14(7-8-14)13(15)16/h3-6,10H,7-9H2,1-2H3,(H,15,16). The third-order valence-electron chi connectivity index (χ3n) is 3.31. The second kappa shape index (κ2) is 3.93. The van der Waals surface area contributed by atoms with Gasteiger partial charge in [0.15, 0.2) is 0 Å². The lowest BCUT2D eigenvalue weighted by atomic mass is 9.93. The molecule has 0 atom stereocenters. The molecule has 0 radical (unpaired) electrons. The van der Waals surface area contributed by atoms with E-state index in [0.717, 1.165) is 24.8 Å². The van der Waals surface area contributed by atoms with Gasteiger partial charge in [-0.05, 0) is 36.3 Å². The Morgan fingerprint density at radius 3 is 2.25 bits per heavy atom. The number of benzene rings is 1. The Balaban J connectivity index is 2.17. The molecule has 2 rings (SSSR count). The van der Waals surface area contributed by atoms with E-state index < -0.39 is 11.4 Å². The number of carbonyl (C=O) groups is 1. The van der Waals surface area contributed by atoms with E-state index in [4.69, 9.17) is 0 Å². The first-order valence-electron chi connectivity index (χ1n) is 5.87. The van der Waals surface area contributed by atoms with E-state index in [9.17, 15) is 9.90 Å². The molecule has 1 aliphatic rings. The summed E-state index contributed by atoms with van der Waals surface area (Å²) in [5.41, 5.74) is 1.70. The highest BCUT2D eigenvalue weighted by Gasteiger charge is 2.51. The molecule has 1 N–H and O–H groups in total. The zero-order chi connectivity index (χ0) is 11.8. The van der Waals surface area contributed by atoms with Crippen LogP contribution in [-0.2, 0) is 16.6 Å². The van der Waals surface area contributed by atoms with Gasteiger partial charge in [0, 0.05) is 0 Å². The van der Waals surface area contributed by atoms with Crippen molar-refractivity contribution in [1.29, 1.82) is 0 Å². The molecule has 0 heterocycles. The van der Waals surface area contributed by atoms with Crippen LogP contribution in [0.5, 0.6) is 0 Å². The Labute approximate surface area is 96.3 Å². The quantitative estimate of drug-likeness (QED) is 0.843. The zero-order valence-corrected chi connectivity index (χ0v) is 9.86. The van der Waals surface area contributed by atoms with Gasteiger partial charge in [-0.15, -0.1) is 0 Å². The maximum absolute atomic E-state index is 11.1. The maximum Gasteiger partial charge on any atom is 0.314 e. The van der Waals surface area contributed by atoms with Crippen LogP contribution in [0.3, 0.4) is 0 Å². The minimum atomic E-state index is -0.677. The molecular weight excluding hydrogens is 200 g/mol. The van der Waals surface area contributed by atoms with Crippen LogP contribution >= 0.6 is 0 Å². The number of hydrogen-bond donors (Lipinski definition) is 1. The zero-order valence-electron chi connectivity index (χ0n) is 9.86. The molecule has 0 amide bonds. The Hall–Kier alpha value is -1.31. The van der Waals surface area contributed by atoms with E-state index in [1.54, 1.807) is 0 Å². The predicted octanol–water partition coefficient (Wildman–Crippen LogP) is 3.00. The summed E-state index contributed by atoms with van der Waals surface area (Å²) in [6.07, 6.45) is 2.62. The van der Waals surface area contributed by atoms with Crippen molar-refractivity contribution < 1.29 is 9.90 Å². The van der Waals surface area contributed by atoms with Crippen LogP contribution in [-0.4, -0.2) is 11.1 Å². The molecule has 1 aliphatic carbocycles. The molecule has 0 aromatic heterocycles. The van der Waals surface area contributed by atoms with Crippen molar-refractivity contribution in [2.24, 2.45) is 5.92 Å². The van der Waals surface area contributed by atoms with Gasteiger partial charge in [-0.1, -0.05) is 38.1 Å². The van der Waals surface area contributed by atoms with Crippen LogP contribution in [0.4, 0.5) is 0 Å². The fraction of sp³-hybridized carbons (Fsp3) is 0.500. The van der Waals surface area contributed by atoms with Crippen LogP contribution in [0.15, 0.2) is 24.3 Å². The highest BCUT2D eigenvalue weighted by molar-refractivity contribution is 5.84. The molecule has 86 valence electrons. The second-order valence-corrected chi connectivity index (χ2v) is 5.18.